The highest BCUT2D eigenvalue weighted by molar-refractivity contribution is 6.14. The molecule has 116 valence electrons. The Labute approximate surface area is 133 Å². The Bertz CT molecular complexity index is 1070. The largest absolute Gasteiger partial charge is 0.461 e. The molecule has 0 spiro atoms. The van der Waals surface area contributed by atoms with Crippen molar-refractivity contribution in [3.63, 3.8) is 0 Å². The molecule has 4 aromatic rings. The number of rotatable bonds is 2. The molecule has 4 rings (SSSR count). The second-order valence-corrected chi connectivity index (χ2v) is 5.74. The summed E-state index contributed by atoms with van der Waals surface area (Å²) in [5.74, 6) is -0.318. The van der Waals surface area contributed by atoms with Crippen molar-refractivity contribution in [2.24, 2.45) is 0 Å². The Morgan fingerprint density at radius 2 is 1.91 bits per heavy atom. The Balaban J connectivity index is 2.09. The minimum Gasteiger partial charge on any atom is -0.461 e. The van der Waals surface area contributed by atoms with Crippen LogP contribution >= 0.6 is 0 Å². The number of aryl methyl sites for hydroxylation is 2. The van der Waals surface area contributed by atoms with Crippen LogP contribution in [0.1, 0.15) is 28.5 Å². The molecule has 2 heterocycles. The Kier molecular flexibility index (Phi) is 2.94. The molecule has 0 radical (unpaired) electrons. The van der Waals surface area contributed by atoms with Gasteiger partial charge in [0, 0.05) is 22.2 Å². The molecule has 0 atom stereocenters. The maximum absolute atomic E-state index is 12.1. The summed E-state index contributed by atoms with van der Waals surface area (Å²) in [4.78, 5) is 15.3. The standard InChI is InChI=1S/C19H17NO3/c1-4-22-19(21)18-11(3)16-10(2)17-12-7-5-6-8-14(12)23-15(17)9-13(16)20-18/h5-9,20H,4H2,1-3H3. The van der Waals surface area contributed by atoms with E-state index >= 15 is 0 Å². The summed E-state index contributed by atoms with van der Waals surface area (Å²) in [6.07, 6.45) is 0. The Morgan fingerprint density at radius 1 is 1.13 bits per heavy atom. The van der Waals surface area contributed by atoms with Crippen molar-refractivity contribution < 1.29 is 13.9 Å². The molecule has 0 aliphatic carbocycles. The lowest BCUT2D eigenvalue weighted by Gasteiger charge is -2.01. The van der Waals surface area contributed by atoms with Crippen molar-refractivity contribution >= 4 is 38.8 Å². The van der Waals surface area contributed by atoms with Gasteiger partial charge in [0.25, 0.3) is 0 Å². The molecule has 1 N–H and O–H groups in total. The summed E-state index contributed by atoms with van der Waals surface area (Å²) >= 11 is 0. The number of carbonyl (C=O) groups is 1. The van der Waals surface area contributed by atoms with Gasteiger partial charge in [-0.15, -0.1) is 0 Å². The minimum absolute atomic E-state index is 0.318. The maximum Gasteiger partial charge on any atom is 0.355 e. The number of fused-ring (bicyclic) bond motifs is 4. The van der Waals surface area contributed by atoms with E-state index in [0.29, 0.717) is 12.3 Å². The van der Waals surface area contributed by atoms with E-state index < -0.39 is 0 Å². The highest BCUT2D eigenvalue weighted by Gasteiger charge is 2.20. The summed E-state index contributed by atoms with van der Waals surface area (Å²) in [7, 11) is 0. The molecule has 0 amide bonds. The summed E-state index contributed by atoms with van der Waals surface area (Å²) in [6, 6.07) is 9.98. The number of para-hydroxylation sites is 1. The van der Waals surface area contributed by atoms with Crippen molar-refractivity contribution in [2.75, 3.05) is 6.61 Å². The second kappa shape index (κ2) is 4.88. The molecule has 0 saturated heterocycles. The first kappa shape index (κ1) is 13.9. The first-order valence-corrected chi connectivity index (χ1v) is 7.72. The van der Waals surface area contributed by atoms with Crippen molar-refractivity contribution in [3.05, 3.63) is 47.2 Å². The van der Waals surface area contributed by atoms with Crippen LogP contribution in [0.3, 0.4) is 0 Å². The van der Waals surface area contributed by atoms with E-state index in [9.17, 15) is 4.79 Å². The molecule has 0 aliphatic rings. The topological polar surface area (TPSA) is 55.2 Å². The first-order valence-electron chi connectivity index (χ1n) is 7.72. The van der Waals surface area contributed by atoms with Crippen LogP contribution in [-0.2, 0) is 4.74 Å². The molecule has 0 saturated carbocycles. The predicted octanol–water partition coefficient (Wildman–Crippen LogP) is 4.86. The molecule has 2 aromatic carbocycles. The van der Waals surface area contributed by atoms with Gasteiger partial charge in [-0.25, -0.2) is 4.79 Å². The number of furan rings is 1. The molecule has 0 unspecified atom stereocenters. The van der Waals surface area contributed by atoms with Crippen molar-refractivity contribution in [2.45, 2.75) is 20.8 Å². The van der Waals surface area contributed by atoms with Gasteiger partial charge in [-0.3, -0.25) is 0 Å². The van der Waals surface area contributed by atoms with Gasteiger partial charge in [-0.05, 0) is 38.0 Å². The number of carbonyl (C=O) groups excluding carboxylic acids is 1. The van der Waals surface area contributed by atoms with Crippen molar-refractivity contribution in [1.82, 2.24) is 4.98 Å². The number of aromatic amines is 1. The van der Waals surface area contributed by atoms with Gasteiger partial charge in [-0.2, -0.15) is 0 Å². The zero-order chi connectivity index (χ0) is 16.1. The van der Waals surface area contributed by atoms with E-state index in [2.05, 4.69) is 18.0 Å². The number of H-pyrrole nitrogens is 1. The number of hydrogen-bond acceptors (Lipinski definition) is 3. The minimum atomic E-state index is -0.318. The van der Waals surface area contributed by atoms with Gasteiger partial charge in [-0.1, -0.05) is 18.2 Å². The first-order chi connectivity index (χ1) is 11.1. The van der Waals surface area contributed by atoms with E-state index in [1.54, 1.807) is 6.92 Å². The zero-order valence-corrected chi connectivity index (χ0v) is 13.3. The lowest BCUT2D eigenvalue weighted by atomic mass is 10.0. The van der Waals surface area contributed by atoms with Crippen molar-refractivity contribution in [3.8, 4) is 0 Å². The monoisotopic (exact) mass is 307 g/mol. The summed E-state index contributed by atoms with van der Waals surface area (Å²) in [5, 5.41) is 3.26. The maximum atomic E-state index is 12.1. The molecule has 0 aliphatic heterocycles. The number of ether oxygens (including phenoxy) is 1. The number of benzene rings is 2. The van der Waals surface area contributed by atoms with Gasteiger partial charge >= 0.3 is 5.97 Å². The van der Waals surface area contributed by atoms with E-state index in [1.165, 1.54) is 0 Å². The predicted molar refractivity (Wildman–Crippen MR) is 91.0 cm³/mol. The number of hydrogen-bond donors (Lipinski definition) is 1. The second-order valence-electron chi connectivity index (χ2n) is 5.74. The Hall–Kier alpha value is -2.75. The third kappa shape index (κ3) is 1.88. The molecular weight excluding hydrogens is 290 g/mol. The summed E-state index contributed by atoms with van der Waals surface area (Å²) < 4.78 is 11.1. The molecule has 0 bridgehead atoms. The fraction of sp³-hybridized carbons (Fsp3) is 0.211. The Morgan fingerprint density at radius 3 is 2.70 bits per heavy atom. The van der Waals surface area contributed by atoms with Gasteiger partial charge in [0.05, 0.1) is 12.1 Å². The van der Waals surface area contributed by atoms with E-state index in [-0.39, 0.29) is 5.97 Å². The van der Waals surface area contributed by atoms with Crippen LogP contribution in [-0.4, -0.2) is 17.6 Å². The molecule has 2 aromatic heterocycles. The van der Waals surface area contributed by atoms with Crippen LogP contribution in [0.4, 0.5) is 0 Å². The lowest BCUT2D eigenvalue weighted by molar-refractivity contribution is 0.0520. The SMILES string of the molecule is CCOC(=O)c1[nH]c2cc3oc4ccccc4c3c(C)c2c1C. The van der Waals surface area contributed by atoms with Crippen LogP contribution in [0.15, 0.2) is 34.7 Å². The molecule has 23 heavy (non-hydrogen) atoms. The highest BCUT2D eigenvalue weighted by Crippen LogP contribution is 2.37. The molecule has 4 nitrogen and oxygen atoms in total. The fourth-order valence-electron chi connectivity index (χ4n) is 3.43. The quantitative estimate of drug-likeness (QED) is 0.538. The van der Waals surface area contributed by atoms with Crippen LogP contribution in [0.5, 0.6) is 0 Å². The number of aromatic nitrogens is 1. The fourth-order valence-corrected chi connectivity index (χ4v) is 3.43. The normalized spacial score (nSPS) is 11.6. The molecular formula is C19H17NO3. The average Bonchev–Trinajstić information content (AvgIpc) is 3.06. The summed E-state index contributed by atoms with van der Waals surface area (Å²) in [6.45, 7) is 6.19. The van der Waals surface area contributed by atoms with Crippen molar-refractivity contribution in [1.29, 1.82) is 0 Å². The lowest BCUT2D eigenvalue weighted by Crippen LogP contribution is -2.06. The summed E-state index contributed by atoms with van der Waals surface area (Å²) in [5.41, 5.74) is 5.15. The third-order valence-electron chi connectivity index (χ3n) is 4.41. The van der Waals surface area contributed by atoms with Gasteiger partial charge in [0.2, 0.25) is 0 Å². The van der Waals surface area contributed by atoms with E-state index in [0.717, 1.165) is 44.0 Å². The van der Waals surface area contributed by atoms with Crippen LogP contribution < -0.4 is 0 Å². The third-order valence-corrected chi connectivity index (χ3v) is 4.41. The zero-order valence-electron chi connectivity index (χ0n) is 13.3. The van der Waals surface area contributed by atoms with E-state index in [1.807, 2.05) is 31.2 Å². The van der Waals surface area contributed by atoms with Crippen LogP contribution in [0.2, 0.25) is 0 Å². The van der Waals surface area contributed by atoms with Gasteiger partial charge in [0.1, 0.15) is 16.9 Å². The number of nitrogens with one attached hydrogen (secondary N) is 1. The highest BCUT2D eigenvalue weighted by atomic mass is 16.5. The van der Waals surface area contributed by atoms with Gasteiger partial charge < -0.3 is 14.1 Å². The van der Waals surface area contributed by atoms with Crippen LogP contribution in [0.25, 0.3) is 32.8 Å². The number of esters is 1. The van der Waals surface area contributed by atoms with Crippen LogP contribution in [0, 0.1) is 13.8 Å². The van der Waals surface area contributed by atoms with E-state index in [4.69, 9.17) is 9.15 Å². The average molecular weight is 307 g/mol. The van der Waals surface area contributed by atoms with Gasteiger partial charge in [0.15, 0.2) is 0 Å². The molecule has 0 fully saturated rings. The smallest absolute Gasteiger partial charge is 0.355 e. The molecule has 4 heteroatoms.